The van der Waals surface area contributed by atoms with Crippen LogP contribution in [-0.4, -0.2) is 56.1 Å². The van der Waals surface area contributed by atoms with E-state index in [1.165, 1.54) is 16.7 Å². The molecule has 144 valence electrons. The number of nitrogens with one attached hydrogen (secondary N) is 1. The Morgan fingerprint density at radius 2 is 1.96 bits per heavy atom. The molecule has 2 N–H and O–H groups in total. The minimum atomic E-state index is -1.14. The number of fused-ring (bicyclic) bond motifs is 1. The molecular formula is C19H22N2O5S. The van der Waals surface area contributed by atoms with Gasteiger partial charge in [0.1, 0.15) is 29.3 Å². The molecule has 0 aromatic heterocycles. The van der Waals surface area contributed by atoms with Crippen LogP contribution in [0.2, 0.25) is 0 Å². The number of aliphatic carboxylic acids is 1. The van der Waals surface area contributed by atoms with Crippen molar-refractivity contribution in [2.24, 2.45) is 0 Å². The summed E-state index contributed by atoms with van der Waals surface area (Å²) < 4.78 is 4.74. The highest BCUT2D eigenvalue weighted by atomic mass is 32.2. The molecule has 7 nitrogen and oxygen atoms in total. The fraction of sp³-hybridized carbons (Fsp3) is 0.421. The molecule has 0 aliphatic carbocycles. The summed E-state index contributed by atoms with van der Waals surface area (Å²) in [4.78, 5) is 38.3. The Balaban J connectivity index is 1.74. The average molecular weight is 390 g/mol. The van der Waals surface area contributed by atoms with Crippen LogP contribution < -0.4 is 10.1 Å². The maximum Gasteiger partial charge on any atom is 0.327 e. The van der Waals surface area contributed by atoms with Crippen molar-refractivity contribution in [2.45, 2.75) is 42.5 Å². The number of carboxylic acid groups (broad SMARTS) is 1. The van der Waals surface area contributed by atoms with E-state index in [0.717, 1.165) is 0 Å². The van der Waals surface area contributed by atoms with Crippen LogP contribution in [0.5, 0.6) is 5.75 Å². The predicted octanol–water partition coefficient (Wildman–Crippen LogP) is 1.89. The number of β-lactam (4-membered cyclic amide) rings is 1. The lowest BCUT2D eigenvalue weighted by atomic mass is 9.86. The van der Waals surface area contributed by atoms with E-state index in [-0.39, 0.29) is 5.91 Å². The minimum Gasteiger partial charge on any atom is -0.490 e. The summed E-state index contributed by atoms with van der Waals surface area (Å²) in [6, 6.07) is 5.66. The molecule has 2 aliphatic heterocycles. The summed E-state index contributed by atoms with van der Waals surface area (Å²) in [7, 11) is 0. The van der Waals surface area contributed by atoms with Gasteiger partial charge in [-0.15, -0.1) is 11.8 Å². The molecule has 27 heavy (non-hydrogen) atoms. The van der Waals surface area contributed by atoms with Crippen molar-refractivity contribution < 1.29 is 24.2 Å². The second-order valence-corrected chi connectivity index (χ2v) is 9.04. The lowest BCUT2D eigenvalue weighted by Gasteiger charge is -2.51. The Bertz CT molecular complexity index is 807. The zero-order chi connectivity index (χ0) is 20.0. The van der Waals surface area contributed by atoms with Crippen LogP contribution in [0.3, 0.4) is 0 Å². The normalized spacial score (nSPS) is 28.1. The first kappa shape index (κ1) is 19.3. The Morgan fingerprint density at radius 3 is 2.52 bits per heavy atom. The number of ether oxygens (including phenoxy) is 1. The molecule has 0 spiro atoms. The number of carbonyl (C=O) groups excluding carboxylic acids is 2. The molecule has 2 heterocycles. The summed E-state index contributed by atoms with van der Waals surface area (Å²) in [5, 5.41) is 11.9. The van der Waals surface area contributed by atoms with Gasteiger partial charge in [-0.25, -0.2) is 4.79 Å². The van der Waals surface area contributed by atoms with Crippen LogP contribution in [0, 0.1) is 0 Å². The Kier molecular flexibility index (Phi) is 4.71. The van der Waals surface area contributed by atoms with E-state index < -0.39 is 33.6 Å². The first-order valence-corrected chi connectivity index (χ1v) is 9.39. The molecule has 8 heteroatoms. The van der Waals surface area contributed by atoms with Gasteiger partial charge in [0.25, 0.3) is 11.8 Å². The lowest BCUT2D eigenvalue weighted by Crippen LogP contribution is -2.78. The van der Waals surface area contributed by atoms with Crippen molar-refractivity contribution in [2.75, 3.05) is 6.61 Å². The first-order valence-electron chi connectivity index (χ1n) is 8.51. The second-order valence-electron chi connectivity index (χ2n) is 7.31. The average Bonchev–Trinajstić information content (AvgIpc) is 2.89. The van der Waals surface area contributed by atoms with Crippen LogP contribution in [0.25, 0.3) is 0 Å². The van der Waals surface area contributed by atoms with Gasteiger partial charge >= 0.3 is 5.97 Å². The van der Waals surface area contributed by atoms with Crippen LogP contribution in [0.1, 0.15) is 31.1 Å². The van der Waals surface area contributed by atoms with Gasteiger partial charge in [0, 0.05) is 10.3 Å². The minimum absolute atomic E-state index is 0.368. The third-order valence-corrected chi connectivity index (χ3v) is 6.62. The quantitative estimate of drug-likeness (QED) is 0.569. The first-order chi connectivity index (χ1) is 12.6. The molecule has 0 saturated carbocycles. The van der Waals surface area contributed by atoms with Gasteiger partial charge < -0.3 is 20.1 Å². The van der Waals surface area contributed by atoms with E-state index in [4.69, 9.17) is 4.74 Å². The molecule has 1 aromatic rings. The van der Waals surface area contributed by atoms with Gasteiger partial charge in [0.2, 0.25) is 0 Å². The fourth-order valence-corrected chi connectivity index (χ4v) is 5.15. The Labute approximate surface area is 161 Å². The van der Waals surface area contributed by atoms with E-state index in [1.807, 2.05) is 0 Å². The van der Waals surface area contributed by atoms with E-state index in [1.54, 1.807) is 51.1 Å². The molecule has 2 fully saturated rings. The van der Waals surface area contributed by atoms with E-state index in [2.05, 4.69) is 11.9 Å². The van der Waals surface area contributed by atoms with Crippen LogP contribution >= 0.6 is 11.8 Å². The molecule has 0 bridgehead atoms. The number of carbonyl (C=O) groups is 3. The molecule has 3 rings (SSSR count). The Morgan fingerprint density at radius 1 is 1.33 bits per heavy atom. The van der Waals surface area contributed by atoms with E-state index >= 15 is 0 Å². The van der Waals surface area contributed by atoms with Gasteiger partial charge in [-0.05, 0) is 45.0 Å². The van der Waals surface area contributed by atoms with Crippen molar-refractivity contribution in [3.05, 3.63) is 42.5 Å². The lowest BCUT2D eigenvalue weighted by molar-refractivity contribution is -0.165. The van der Waals surface area contributed by atoms with Crippen LogP contribution in [0.15, 0.2) is 36.9 Å². The maximum absolute atomic E-state index is 12.7. The van der Waals surface area contributed by atoms with E-state index in [9.17, 15) is 19.5 Å². The number of hydrogen-bond donors (Lipinski definition) is 2. The third kappa shape index (κ3) is 3.07. The highest BCUT2D eigenvalue weighted by Crippen LogP contribution is 2.54. The number of thioether (sulfide) groups is 1. The van der Waals surface area contributed by atoms with Gasteiger partial charge in [-0.1, -0.05) is 12.7 Å². The topological polar surface area (TPSA) is 95.9 Å². The number of hydrogen-bond acceptors (Lipinski definition) is 5. The molecule has 2 saturated heterocycles. The summed E-state index contributed by atoms with van der Waals surface area (Å²) in [5.41, 5.74) is -0.744. The molecule has 2 aliphatic rings. The maximum atomic E-state index is 12.7. The van der Waals surface area contributed by atoms with Crippen molar-refractivity contribution in [3.63, 3.8) is 0 Å². The predicted molar refractivity (Wildman–Crippen MR) is 102 cm³/mol. The zero-order valence-corrected chi connectivity index (χ0v) is 16.2. The van der Waals surface area contributed by atoms with Gasteiger partial charge in [0.05, 0.1) is 0 Å². The van der Waals surface area contributed by atoms with Gasteiger partial charge in [0.15, 0.2) is 0 Å². The van der Waals surface area contributed by atoms with Crippen molar-refractivity contribution in [3.8, 4) is 5.75 Å². The molecule has 2 amide bonds. The number of benzene rings is 1. The highest BCUT2D eigenvalue weighted by molar-refractivity contribution is 8.01. The summed E-state index contributed by atoms with van der Waals surface area (Å²) in [5.74, 6) is -1.19. The smallest absolute Gasteiger partial charge is 0.327 e. The number of carboxylic acids is 1. The SMILES string of the molecule is C=CCOc1ccc(C(=O)NC2(C)C(=O)N3[C@@H](C(=O)O)C(C)(C)S[C@@H]32)cc1. The largest absolute Gasteiger partial charge is 0.490 e. The molecule has 3 atom stereocenters. The zero-order valence-electron chi connectivity index (χ0n) is 15.4. The summed E-state index contributed by atoms with van der Waals surface area (Å²) in [6.07, 6.45) is 1.63. The molecule has 0 radical (unpaired) electrons. The van der Waals surface area contributed by atoms with Crippen LogP contribution in [0.4, 0.5) is 0 Å². The molecular weight excluding hydrogens is 368 g/mol. The highest BCUT2D eigenvalue weighted by Gasteiger charge is 2.70. The standard InChI is InChI=1S/C19H22N2O5S/c1-5-10-26-12-8-6-11(7-9-12)14(22)20-19(4)16(25)21-13(15(23)24)18(2,3)27-17(19)21/h5-9,13,17H,1,10H2,2-4H3,(H,20,22)(H,23,24)/t13-,17+,19?/m0/s1. The second kappa shape index (κ2) is 6.60. The number of nitrogens with zero attached hydrogens (tertiary/aromatic N) is 1. The number of amides is 2. The van der Waals surface area contributed by atoms with E-state index in [0.29, 0.717) is 17.9 Å². The fourth-order valence-electron chi connectivity index (χ4n) is 3.50. The van der Waals surface area contributed by atoms with Crippen LogP contribution in [-0.2, 0) is 9.59 Å². The number of rotatable bonds is 6. The Hall–Kier alpha value is -2.48. The molecule has 1 unspecified atom stereocenters. The van der Waals surface area contributed by atoms with Crippen molar-refractivity contribution >= 4 is 29.5 Å². The third-order valence-electron chi connectivity index (χ3n) is 4.87. The monoisotopic (exact) mass is 390 g/mol. The van der Waals surface area contributed by atoms with Gasteiger partial charge in [-0.2, -0.15) is 0 Å². The van der Waals surface area contributed by atoms with Gasteiger partial charge in [-0.3, -0.25) is 9.59 Å². The van der Waals surface area contributed by atoms with Crippen molar-refractivity contribution in [1.82, 2.24) is 10.2 Å². The molecule has 1 aromatic carbocycles. The summed E-state index contributed by atoms with van der Waals surface area (Å²) in [6.45, 7) is 9.18. The summed E-state index contributed by atoms with van der Waals surface area (Å²) >= 11 is 1.39. The van der Waals surface area contributed by atoms with Crippen molar-refractivity contribution in [1.29, 1.82) is 0 Å².